The number of benzene rings is 2. The summed E-state index contributed by atoms with van der Waals surface area (Å²) in [6.07, 6.45) is 6.79. The first-order chi connectivity index (χ1) is 13.6. The van der Waals surface area contributed by atoms with Crippen molar-refractivity contribution in [3.63, 3.8) is 0 Å². The van der Waals surface area contributed by atoms with Crippen LogP contribution in [0.15, 0.2) is 59.5 Å². The van der Waals surface area contributed by atoms with Gasteiger partial charge in [0.1, 0.15) is 0 Å². The van der Waals surface area contributed by atoms with Gasteiger partial charge in [0.2, 0.25) is 0 Å². The van der Waals surface area contributed by atoms with Gasteiger partial charge in [-0.25, -0.2) is 4.79 Å². The van der Waals surface area contributed by atoms with E-state index < -0.39 is 16.8 Å². The highest BCUT2D eigenvalue weighted by molar-refractivity contribution is 7.84. The highest BCUT2D eigenvalue weighted by atomic mass is 32.2. The van der Waals surface area contributed by atoms with Gasteiger partial charge in [0.25, 0.3) is 5.91 Å². The van der Waals surface area contributed by atoms with Crippen LogP contribution < -0.4 is 4.90 Å². The highest BCUT2D eigenvalue weighted by Crippen LogP contribution is 2.27. The molecule has 1 saturated carbocycles. The molecule has 0 unspecified atom stereocenters. The Morgan fingerprint density at radius 3 is 2.32 bits per heavy atom. The Balaban J connectivity index is 1.74. The van der Waals surface area contributed by atoms with E-state index in [-0.39, 0.29) is 24.1 Å². The molecular weight excluding hydrogens is 374 g/mol. The summed E-state index contributed by atoms with van der Waals surface area (Å²) in [5.74, 6) is -0.864. The SMILES string of the molecule is C[S@@](=O)c1ccccc1C(=O)OCC(=O)N(c1ccccc1)C1CCCCC1. The minimum Gasteiger partial charge on any atom is -0.452 e. The normalized spacial score (nSPS) is 15.6. The predicted molar refractivity (Wildman–Crippen MR) is 110 cm³/mol. The Hall–Kier alpha value is -2.47. The second-order valence-corrected chi connectivity index (χ2v) is 8.27. The number of carbonyl (C=O) groups excluding carboxylic acids is 2. The molecule has 1 fully saturated rings. The molecule has 5 nitrogen and oxygen atoms in total. The van der Waals surface area contributed by atoms with Gasteiger partial charge in [0.15, 0.2) is 6.61 Å². The van der Waals surface area contributed by atoms with Crippen molar-refractivity contribution < 1.29 is 18.5 Å². The van der Waals surface area contributed by atoms with Crippen molar-refractivity contribution in [1.29, 1.82) is 0 Å². The number of anilines is 1. The van der Waals surface area contributed by atoms with Crippen molar-refractivity contribution in [2.45, 2.75) is 43.0 Å². The molecule has 0 aliphatic heterocycles. The Labute approximate surface area is 168 Å². The molecule has 0 aromatic heterocycles. The van der Waals surface area contributed by atoms with Crippen LogP contribution in [-0.2, 0) is 20.3 Å². The predicted octanol–water partition coefficient (Wildman–Crippen LogP) is 3.95. The molecule has 2 aromatic rings. The fourth-order valence-electron chi connectivity index (χ4n) is 3.65. The fraction of sp³-hybridized carbons (Fsp3) is 0.364. The van der Waals surface area contributed by atoms with E-state index in [4.69, 9.17) is 4.74 Å². The van der Waals surface area contributed by atoms with E-state index >= 15 is 0 Å². The summed E-state index contributed by atoms with van der Waals surface area (Å²) in [6, 6.07) is 16.3. The molecule has 28 heavy (non-hydrogen) atoms. The molecule has 6 heteroatoms. The highest BCUT2D eigenvalue weighted by Gasteiger charge is 2.28. The average molecular weight is 400 g/mol. The zero-order valence-electron chi connectivity index (χ0n) is 16.0. The number of para-hydroxylation sites is 1. The summed E-state index contributed by atoms with van der Waals surface area (Å²) in [4.78, 5) is 27.7. The summed E-state index contributed by atoms with van der Waals surface area (Å²) in [5, 5.41) is 0. The van der Waals surface area contributed by atoms with Crippen LogP contribution in [0.5, 0.6) is 0 Å². The summed E-state index contributed by atoms with van der Waals surface area (Å²) in [6.45, 7) is -0.338. The minimum atomic E-state index is -1.31. The molecule has 0 heterocycles. The third-order valence-electron chi connectivity index (χ3n) is 4.99. The van der Waals surface area contributed by atoms with Crippen molar-refractivity contribution in [2.75, 3.05) is 17.8 Å². The number of ether oxygens (including phenoxy) is 1. The van der Waals surface area contributed by atoms with Gasteiger partial charge in [-0.2, -0.15) is 0 Å². The molecule has 1 amide bonds. The quantitative estimate of drug-likeness (QED) is 0.690. The molecule has 0 N–H and O–H groups in total. The molecular formula is C22H25NO4S. The van der Waals surface area contributed by atoms with Crippen LogP contribution in [0.4, 0.5) is 5.69 Å². The number of rotatable bonds is 6. The molecule has 1 aliphatic rings. The van der Waals surface area contributed by atoms with Crippen molar-refractivity contribution >= 4 is 28.4 Å². The van der Waals surface area contributed by atoms with E-state index in [0.717, 1.165) is 31.4 Å². The Bertz CT molecular complexity index is 847. The van der Waals surface area contributed by atoms with Gasteiger partial charge in [0, 0.05) is 18.0 Å². The number of hydrogen-bond donors (Lipinski definition) is 0. The average Bonchev–Trinajstić information content (AvgIpc) is 2.73. The lowest BCUT2D eigenvalue weighted by atomic mass is 9.93. The first-order valence-electron chi connectivity index (χ1n) is 9.54. The van der Waals surface area contributed by atoms with Gasteiger partial charge in [-0.1, -0.05) is 49.6 Å². The summed E-state index contributed by atoms with van der Waals surface area (Å²) in [7, 11) is -1.31. The molecule has 3 rings (SSSR count). The van der Waals surface area contributed by atoms with Crippen LogP contribution in [-0.4, -0.2) is 35.0 Å². The van der Waals surface area contributed by atoms with E-state index in [1.165, 1.54) is 12.7 Å². The van der Waals surface area contributed by atoms with Crippen LogP contribution in [0.2, 0.25) is 0 Å². The summed E-state index contributed by atoms with van der Waals surface area (Å²) >= 11 is 0. The maximum absolute atomic E-state index is 13.0. The zero-order valence-corrected chi connectivity index (χ0v) is 16.8. The van der Waals surface area contributed by atoms with E-state index in [1.807, 2.05) is 30.3 Å². The number of amides is 1. The van der Waals surface area contributed by atoms with Crippen LogP contribution >= 0.6 is 0 Å². The second-order valence-electron chi connectivity index (χ2n) is 6.92. The number of carbonyl (C=O) groups is 2. The molecule has 0 radical (unpaired) electrons. The summed E-state index contributed by atoms with van der Waals surface area (Å²) < 4.78 is 17.1. The van der Waals surface area contributed by atoms with Crippen molar-refractivity contribution in [3.05, 3.63) is 60.2 Å². The standard InChI is InChI=1S/C22H25NO4S/c1-28(26)20-15-9-8-14-19(20)22(25)27-16-21(24)23(17-10-4-2-5-11-17)18-12-6-3-7-13-18/h2,4-5,8-11,14-15,18H,3,6-7,12-13,16H2,1H3/t28-/m1/s1. The van der Waals surface area contributed by atoms with Gasteiger partial charge in [-0.05, 0) is 37.1 Å². The van der Waals surface area contributed by atoms with Crippen molar-refractivity contribution in [3.8, 4) is 0 Å². The fourth-order valence-corrected chi connectivity index (χ4v) is 4.38. The topological polar surface area (TPSA) is 63.7 Å². The van der Waals surface area contributed by atoms with Gasteiger partial charge in [-0.15, -0.1) is 0 Å². The maximum atomic E-state index is 13.0. The number of hydrogen-bond acceptors (Lipinski definition) is 4. The maximum Gasteiger partial charge on any atom is 0.339 e. The van der Waals surface area contributed by atoms with Crippen LogP contribution in [0.1, 0.15) is 42.5 Å². The molecule has 1 aliphatic carbocycles. The van der Waals surface area contributed by atoms with Crippen LogP contribution in [0.3, 0.4) is 0 Å². The Morgan fingerprint density at radius 2 is 1.64 bits per heavy atom. The number of nitrogens with zero attached hydrogens (tertiary/aromatic N) is 1. The lowest BCUT2D eigenvalue weighted by Gasteiger charge is -2.34. The second kappa shape index (κ2) is 9.64. The van der Waals surface area contributed by atoms with Crippen LogP contribution in [0, 0.1) is 0 Å². The van der Waals surface area contributed by atoms with E-state index in [2.05, 4.69) is 0 Å². The Kier molecular flexibility index (Phi) is 6.98. The third-order valence-corrected chi connectivity index (χ3v) is 5.96. The Morgan fingerprint density at radius 1 is 1.00 bits per heavy atom. The van der Waals surface area contributed by atoms with Gasteiger partial charge in [0.05, 0.1) is 21.3 Å². The number of esters is 1. The van der Waals surface area contributed by atoms with E-state index in [0.29, 0.717) is 4.90 Å². The van der Waals surface area contributed by atoms with E-state index in [1.54, 1.807) is 29.2 Å². The monoisotopic (exact) mass is 399 g/mol. The smallest absolute Gasteiger partial charge is 0.339 e. The molecule has 1 atom stereocenters. The lowest BCUT2D eigenvalue weighted by molar-refractivity contribution is -0.122. The van der Waals surface area contributed by atoms with Crippen LogP contribution in [0.25, 0.3) is 0 Å². The first kappa shape index (κ1) is 20.3. The van der Waals surface area contributed by atoms with Gasteiger partial charge >= 0.3 is 5.97 Å². The van der Waals surface area contributed by atoms with Crippen molar-refractivity contribution in [2.24, 2.45) is 0 Å². The molecule has 148 valence electrons. The van der Waals surface area contributed by atoms with E-state index in [9.17, 15) is 13.8 Å². The molecule has 0 spiro atoms. The first-order valence-corrected chi connectivity index (χ1v) is 11.1. The van der Waals surface area contributed by atoms with Gasteiger partial charge in [-0.3, -0.25) is 9.00 Å². The van der Waals surface area contributed by atoms with Crippen molar-refractivity contribution in [1.82, 2.24) is 0 Å². The zero-order chi connectivity index (χ0) is 19.9. The largest absolute Gasteiger partial charge is 0.452 e. The summed E-state index contributed by atoms with van der Waals surface area (Å²) in [5.41, 5.74) is 1.06. The molecule has 0 bridgehead atoms. The lowest BCUT2D eigenvalue weighted by Crippen LogP contribution is -2.43. The minimum absolute atomic E-state index is 0.123. The third kappa shape index (κ3) is 4.87. The van der Waals surface area contributed by atoms with Gasteiger partial charge < -0.3 is 9.64 Å². The molecule has 0 saturated heterocycles. The molecule has 2 aromatic carbocycles.